The molecule has 2 N–H and O–H groups in total. The molecule has 18 heavy (non-hydrogen) atoms. The number of fused-ring (bicyclic) bond motifs is 1. The fraction of sp³-hybridized carbons (Fsp3) is 0.0909. The Bertz CT molecular complexity index is 721. The van der Waals surface area contributed by atoms with Crippen LogP contribution in [0.2, 0.25) is 0 Å². The fourth-order valence-corrected chi connectivity index (χ4v) is 2.33. The minimum absolute atomic E-state index is 0.199. The van der Waals surface area contributed by atoms with Gasteiger partial charge in [-0.3, -0.25) is 14.8 Å². The molecule has 0 saturated heterocycles. The van der Waals surface area contributed by atoms with E-state index in [0.717, 1.165) is 11.3 Å². The molecule has 0 bridgehead atoms. The highest BCUT2D eigenvalue weighted by atomic mass is 32.2. The van der Waals surface area contributed by atoms with E-state index >= 15 is 0 Å². The molecule has 0 amide bonds. The summed E-state index contributed by atoms with van der Waals surface area (Å²) in [7, 11) is 0. The third-order valence-electron chi connectivity index (χ3n) is 2.40. The first-order chi connectivity index (χ1) is 8.83. The van der Waals surface area contributed by atoms with Crippen LogP contribution >= 0.6 is 11.8 Å². The average molecular weight is 259 g/mol. The van der Waals surface area contributed by atoms with Gasteiger partial charge in [-0.05, 0) is 17.7 Å². The second-order valence-electron chi connectivity index (χ2n) is 3.62. The number of imidazole rings is 1. The molecule has 0 saturated carbocycles. The zero-order valence-electron chi connectivity index (χ0n) is 9.25. The number of aromatic amines is 2. The maximum absolute atomic E-state index is 11.7. The average Bonchev–Trinajstić information content (AvgIpc) is 2.86. The van der Waals surface area contributed by atoms with Crippen LogP contribution in [0.4, 0.5) is 0 Å². The molecule has 3 heterocycles. The molecule has 0 aliphatic heterocycles. The molecule has 3 aromatic heterocycles. The van der Waals surface area contributed by atoms with Gasteiger partial charge in [-0.2, -0.15) is 0 Å². The molecule has 0 fully saturated rings. The Morgan fingerprint density at radius 2 is 2.11 bits per heavy atom. The van der Waals surface area contributed by atoms with E-state index in [-0.39, 0.29) is 5.56 Å². The number of H-pyrrole nitrogens is 2. The second-order valence-corrected chi connectivity index (χ2v) is 4.58. The van der Waals surface area contributed by atoms with Crippen LogP contribution in [0.25, 0.3) is 11.2 Å². The third-order valence-corrected chi connectivity index (χ3v) is 3.34. The molecular weight excluding hydrogens is 250 g/mol. The van der Waals surface area contributed by atoms with Gasteiger partial charge in [0, 0.05) is 18.1 Å². The smallest absolute Gasteiger partial charge is 0.277 e. The summed E-state index contributed by atoms with van der Waals surface area (Å²) in [5.74, 6) is 0.724. The van der Waals surface area contributed by atoms with E-state index in [1.165, 1.54) is 18.1 Å². The molecule has 0 atom stereocenters. The summed E-state index contributed by atoms with van der Waals surface area (Å²) in [4.78, 5) is 29.3. The number of hydrogen-bond donors (Lipinski definition) is 2. The summed E-state index contributed by atoms with van der Waals surface area (Å²) in [6.07, 6.45) is 4.94. The topological polar surface area (TPSA) is 87.3 Å². The van der Waals surface area contributed by atoms with E-state index in [2.05, 4.69) is 24.9 Å². The molecule has 7 heteroatoms. The molecular formula is C11H9N5OS. The first-order valence-electron chi connectivity index (χ1n) is 5.28. The molecule has 3 aromatic rings. The van der Waals surface area contributed by atoms with Crippen molar-refractivity contribution in [3.8, 4) is 0 Å². The van der Waals surface area contributed by atoms with Crippen LogP contribution in [-0.2, 0) is 5.75 Å². The Kier molecular flexibility index (Phi) is 2.81. The maximum Gasteiger partial charge on any atom is 0.277 e. The van der Waals surface area contributed by atoms with E-state index in [4.69, 9.17) is 0 Å². The Morgan fingerprint density at radius 1 is 1.28 bits per heavy atom. The summed E-state index contributed by atoms with van der Waals surface area (Å²) in [6, 6.07) is 3.86. The number of nitrogens with zero attached hydrogens (tertiary/aromatic N) is 3. The highest BCUT2D eigenvalue weighted by Gasteiger charge is 2.06. The lowest BCUT2D eigenvalue weighted by atomic mass is 10.3. The van der Waals surface area contributed by atoms with Crippen molar-refractivity contribution in [3.63, 3.8) is 0 Å². The van der Waals surface area contributed by atoms with Crippen molar-refractivity contribution in [1.82, 2.24) is 24.9 Å². The molecule has 90 valence electrons. The predicted molar refractivity (Wildman–Crippen MR) is 68.3 cm³/mol. The lowest BCUT2D eigenvalue weighted by Gasteiger charge is -2.00. The van der Waals surface area contributed by atoms with Crippen LogP contribution in [0.3, 0.4) is 0 Å². The number of thioether (sulfide) groups is 1. The van der Waals surface area contributed by atoms with Crippen LogP contribution in [0, 0.1) is 0 Å². The summed E-state index contributed by atoms with van der Waals surface area (Å²) < 4.78 is 0. The molecule has 0 spiro atoms. The SMILES string of the molecule is O=c1[nH]c(SCc2ccncc2)nc2nc[nH]c12. The van der Waals surface area contributed by atoms with Gasteiger partial charge in [-0.15, -0.1) is 0 Å². The van der Waals surface area contributed by atoms with Gasteiger partial charge in [-0.25, -0.2) is 9.97 Å². The van der Waals surface area contributed by atoms with Gasteiger partial charge in [0.05, 0.1) is 6.33 Å². The molecule has 0 unspecified atom stereocenters. The number of pyridine rings is 1. The Morgan fingerprint density at radius 3 is 2.94 bits per heavy atom. The van der Waals surface area contributed by atoms with Gasteiger partial charge >= 0.3 is 0 Å². The zero-order chi connectivity index (χ0) is 12.4. The summed E-state index contributed by atoms with van der Waals surface area (Å²) in [6.45, 7) is 0. The van der Waals surface area contributed by atoms with Gasteiger partial charge in [-0.1, -0.05) is 11.8 Å². The molecule has 0 aliphatic carbocycles. The monoisotopic (exact) mass is 259 g/mol. The van der Waals surface area contributed by atoms with Crippen molar-refractivity contribution >= 4 is 22.9 Å². The Hall–Kier alpha value is -2.15. The van der Waals surface area contributed by atoms with Crippen molar-refractivity contribution < 1.29 is 0 Å². The lowest BCUT2D eigenvalue weighted by molar-refractivity contribution is 0.964. The summed E-state index contributed by atoms with van der Waals surface area (Å²) >= 11 is 1.46. The maximum atomic E-state index is 11.7. The van der Waals surface area contributed by atoms with Crippen molar-refractivity contribution in [2.24, 2.45) is 0 Å². The standard InChI is InChI=1S/C11H9N5OS/c17-10-8-9(14-6-13-8)15-11(16-10)18-5-7-1-3-12-4-2-7/h1-4,6H,5H2,(H2,13,14,15,16,17). The normalized spacial score (nSPS) is 10.9. The zero-order valence-corrected chi connectivity index (χ0v) is 10.1. The van der Waals surface area contributed by atoms with Crippen molar-refractivity contribution in [3.05, 3.63) is 46.8 Å². The van der Waals surface area contributed by atoms with Crippen LogP contribution in [0.1, 0.15) is 5.56 Å². The largest absolute Gasteiger partial charge is 0.339 e. The van der Waals surface area contributed by atoms with E-state index < -0.39 is 0 Å². The fourth-order valence-electron chi connectivity index (χ4n) is 1.52. The van der Waals surface area contributed by atoms with Gasteiger partial charge in [0.2, 0.25) is 0 Å². The third kappa shape index (κ3) is 2.12. The minimum atomic E-state index is -0.199. The molecule has 6 nitrogen and oxygen atoms in total. The first-order valence-corrected chi connectivity index (χ1v) is 6.26. The van der Waals surface area contributed by atoms with E-state index in [1.54, 1.807) is 12.4 Å². The number of aromatic nitrogens is 5. The van der Waals surface area contributed by atoms with Gasteiger partial charge in [0.15, 0.2) is 16.3 Å². The molecule has 3 rings (SSSR count). The highest BCUT2D eigenvalue weighted by Crippen LogP contribution is 2.18. The van der Waals surface area contributed by atoms with Gasteiger partial charge in [0.25, 0.3) is 5.56 Å². The van der Waals surface area contributed by atoms with E-state index in [0.29, 0.717) is 16.3 Å². The highest BCUT2D eigenvalue weighted by molar-refractivity contribution is 7.98. The summed E-state index contributed by atoms with van der Waals surface area (Å²) in [5, 5.41) is 0.566. The van der Waals surface area contributed by atoms with Gasteiger partial charge < -0.3 is 4.98 Å². The number of rotatable bonds is 3. The van der Waals surface area contributed by atoms with Crippen LogP contribution < -0.4 is 5.56 Å². The quantitative estimate of drug-likeness (QED) is 0.547. The van der Waals surface area contributed by atoms with Gasteiger partial charge in [0.1, 0.15) is 0 Å². The molecule has 0 aromatic carbocycles. The predicted octanol–water partition coefficient (Wildman–Crippen LogP) is 1.33. The Balaban J connectivity index is 1.85. The van der Waals surface area contributed by atoms with E-state index in [1.807, 2.05) is 12.1 Å². The van der Waals surface area contributed by atoms with Crippen molar-refractivity contribution in [2.75, 3.05) is 0 Å². The first kappa shape index (κ1) is 11.0. The van der Waals surface area contributed by atoms with Crippen LogP contribution in [-0.4, -0.2) is 24.9 Å². The Labute approximate surface area is 106 Å². The second kappa shape index (κ2) is 4.61. The molecule has 0 aliphatic rings. The minimum Gasteiger partial charge on any atom is -0.339 e. The van der Waals surface area contributed by atoms with Crippen molar-refractivity contribution in [1.29, 1.82) is 0 Å². The lowest BCUT2D eigenvalue weighted by Crippen LogP contribution is -2.09. The molecule has 0 radical (unpaired) electrons. The number of hydrogen-bond acceptors (Lipinski definition) is 5. The van der Waals surface area contributed by atoms with Crippen LogP contribution in [0.5, 0.6) is 0 Å². The summed E-state index contributed by atoms with van der Waals surface area (Å²) in [5.41, 5.74) is 1.77. The van der Waals surface area contributed by atoms with E-state index in [9.17, 15) is 4.79 Å². The van der Waals surface area contributed by atoms with Crippen molar-refractivity contribution in [2.45, 2.75) is 10.9 Å². The number of nitrogens with one attached hydrogen (secondary N) is 2. The van der Waals surface area contributed by atoms with Crippen LogP contribution in [0.15, 0.2) is 40.8 Å².